The van der Waals surface area contributed by atoms with E-state index in [2.05, 4.69) is 88.3 Å². The predicted molar refractivity (Wildman–Crippen MR) is 216 cm³/mol. The zero-order valence-corrected chi connectivity index (χ0v) is 31.9. The Balaban J connectivity index is 1.52. The van der Waals surface area contributed by atoms with Gasteiger partial charge in [0.25, 0.3) is 5.56 Å². The topological polar surface area (TPSA) is 88.5 Å². The number of nitrogens with one attached hydrogen (secondary N) is 2. The quantitative estimate of drug-likeness (QED) is 0.107. The van der Waals surface area contributed by atoms with E-state index in [0.29, 0.717) is 36.0 Å². The first-order valence-corrected chi connectivity index (χ1v) is 18.8. The molecule has 0 saturated heterocycles. The molecular weight excluding hydrogens is 647 g/mol. The van der Waals surface area contributed by atoms with Gasteiger partial charge in [0.05, 0.1) is 0 Å². The summed E-state index contributed by atoms with van der Waals surface area (Å²) in [4.78, 5) is 35.6. The van der Waals surface area contributed by atoms with Gasteiger partial charge < -0.3 is 15.4 Å². The highest BCUT2D eigenvalue weighted by molar-refractivity contribution is 6.07. The second-order valence-corrected chi connectivity index (χ2v) is 14.5. The Morgan fingerprint density at radius 1 is 0.846 bits per heavy atom. The number of aryl methyl sites for hydroxylation is 1. The lowest BCUT2D eigenvalue weighted by Gasteiger charge is -2.22. The van der Waals surface area contributed by atoms with Gasteiger partial charge in [0.2, 0.25) is 0 Å². The van der Waals surface area contributed by atoms with E-state index in [1.54, 1.807) is 10.8 Å². The van der Waals surface area contributed by atoms with Crippen LogP contribution in [0.15, 0.2) is 95.9 Å². The Morgan fingerprint density at radius 2 is 1.54 bits per heavy atom. The van der Waals surface area contributed by atoms with Gasteiger partial charge in [-0.25, -0.2) is 9.78 Å². The van der Waals surface area contributed by atoms with Crippen molar-refractivity contribution in [2.24, 2.45) is 5.92 Å². The zero-order valence-electron chi connectivity index (χ0n) is 31.9. The molecule has 0 spiro atoms. The average Bonchev–Trinajstić information content (AvgIpc) is 3.13. The first-order valence-electron chi connectivity index (χ1n) is 18.8. The van der Waals surface area contributed by atoms with Crippen molar-refractivity contribution in [2.45, 2.75) is 86.2 Å². The molecule has 5 aromatic rings. The molecule has 0 fully saturated rings. The molecule has 274 valence electrons. The van der Waals surface area contributed by atoms with Crippen LogP contribution in [0.2, 0.25) is 0 Å². The minimum Gasteiger partial charge on any atom is -0.492 e. The zero-order chi connectivity index (χ0) is 37.2. The van der Waals surface area contributed by atoms with Gasteiger partial charge >= 0.3 is 6.03 Å². The van der Waals surface area contributed by atoms with E-state index in [0.717, 1.165) is 60.2 Å². The number of ether oxygens (including phenoxy) is 1. The second-order valence-electron chi connectivity index (χ2n) is 14.5. The molecule has 2 amide bonds. The summed E-state index contributed by atoms with van der Waals surface area (Å²) in [5.41, 5.74) is 6.05. The maximum Gasteiger partial charge on any atom is 0.323 e. The normalized spacial score (nSPS) is 11.6. The lowest BCUT2D eigenvalue weighted by Crippen LogP contribution is -2.30. The summed E-state index contributed by atoms with van der Waals surface area (Å²) in [6.45, 7) is 18.5. The van der Waals surface area contributed by atoms with Gasteiger partial charge in [-0.3, -0.25) is 14.3 Å². The van der Waals surface area contributed by atoms with Gasteiger partial charge in [0.1, 0.15) is 23.7 Å². The summed E-state index contributed by atoms with van der Waals surface area (Å²) in [5.74, 6) is 1.58. The number of urea groups is 1. The van der Waals surface area contributed by atoms with Crippen LogP contribution in [-0.4, -0.2) is 40.2 Å². The van der Waals surface area contributed by atoms with Gasteiger partial charge in [-0.05, 0) is 83.7 Å². The van der Waals surface area contributed by atoms with Gasteiger partial charge in [0, 0.05) is 42.5 Å². The third-order valence-corrected chi connectivity index (χ3v) is 9.53. The fourth-order valence-corrected chi connectivity index (χ4v) is 6.74. The highest BCUT2D eigenvalue weighted by Gasteiger charge is 2.23. The van der Waals surface area contributed by atoms with Crippen LogP contribution >= 0.6 is 0 Å². The minimum atomic E-state index is -0.462. The molecule has 0 aliphatic rings. The third kappa shape index (κ3) is 9.48. The lowest BCUT2D eigenvalue weighted by atomic mass is 9.93. The monoisotopic (exact) mass is 701 g/mol. The summed E-state index contributed by atoms with van der Waals surface area (Å²) in [6.07, 6.45) is 3.50. The van der Waals surface area contributed by atoms with Crippen LogP contribution in [0.25, 0.3) is 22.2 Å². The number of amides is 2. The molecule has 0 radical (unpaired) electrons. The molecule has 5 rings (SSSR count). The summed E-state index contributed by atoms with van der Waals surface area (Å²) in [6, 6.07) is 27.7. The van der Waals surface area contributed by atoms with Gasteiger partial charge in [-0.15, -0.1) is 0 Å². The largest absolute Gasteiger partial charge is 0.492 e. The van der Waals surface area contributed by atoms with E-state index in [4.69, 9.17) is 9.72 Å². The van der Waals surface area contributed by atoms with E-state index >= 15 is 0 Å². The molecule has 3 aromatic carbocycles. The number of nitrogens with zero attached hydrogens (tertiary/aromatic N) is 3. The summed E-state index contributed by atoms with van der Waals surface area (Å²) >= 11 is 0. The number of carbonyl (C=O) groups is 1. The number of para-hydroxylation sites is 1. The molecule has 0 atom stereocenters. The Bertz CT molecular complexity index is 1980. The van der Waals surface area contributed by atoms with Gasteiger partial charge in [-0.1, -0.05) is 109 Å². The van der Waals surface area contributed by atoms with Crippen molar-refractivity contribution in [1.29, 1.82) is 0 Å². The van der Waals surface area contributed by atoms with Crippen molar-refractivity contribution in [2.75, 3.05) is 30.3 Å². The molecule has 2 aromatic heterocycles. The fourth-order valence-electron chi connectivity index (χ4n) is 6.74. The Morgan fingerprint density at radius 3 is 2.21 bits per heavy atom. The molecule has 0 bridgehead atoms. The first-order chi connectivity index (χ1) is 25.1. The number of aromatic nitrogens is 2. The average molecular weight is 702 g/mol. The van der Waals surface area contributed by atoms with Crippen LogP contribution in [0.5, 0.6) is 5.75 Å². The Labute approximate surface area is 309 Å². The number of anilines is 2. The smallest absolute Gasteiger partial charge is 0.323 e. The van der Waals surface area contributed by atoms with E-state index < -0.39 is 6.03 Å². The number of fused-ring (bicyclic) bond motifs is 1. The number of carbonyl (C=O) groups excluding carboxylic acids is 1. The first kappa shape index (κ1) is 38.3. The SMILES string of the molecule is CCN(CCOc1cccc(-c2c(NC(=O)Nc3c(C(C)C)cccc3C(C)C)c(=O)n(CCCC(C)C)c3ncccc23)c1)Cc1ccccc1. The van der Waals surface area contributed by atoms with Crippen LogP contribution in [0.4, 0.5) is 16.2 Å². The summed E-state index contributed by atoms with van der Waals surface area (Å²) < 4.78 is 8.02. The van der Waals surface area contributed by atoms with Crippen molar-refractivity contribution in [3.8, 4) is 16.9 Å². The van der Waals surface area contributed by atoms with Crippen LogP contribution in [0, 0.1) is 5.92 Å². The van der Waals surface area contributed by atoms with Gasteiger partial charge in [-0.2, -0.15) is 0 Å². The Kier molecular flexibility index (Phi) is 13.3. The molecule has 2 N–H and O–H groups in total. The molecule has 52 heavy (non-hydrogen) atoms. The minimum absolute atomic E-state index is 0.194. The molecule has 2 heterocycles. The number of likely N-dealkylation sites (N-methyl/N-ethyl adjacent to an activating group) is 1. The number of hydrogen-bond donors (Lipinski definition) is 2. The number of pyridine rings is 2. The number of hydrogen-bond acceptors (Lipinski definition) is 5. The fraction of sp³-hybridized carbons (Fsp3) is 0.386. The van der Waals surface area contributed by atoms with Crippen LogP contribution in [-0.2, 0) is 13.1 Å². The molecule has 8 heteroatoms. The molecule has 0 unspecified atom stereocenters. The summed E-state index contributed by atoms with van der Waals surface area (Å²) in [7, 11) is 0. The van der Waals surface area contributed by atoms with E-state index in [1.807, 2.05) is 60.7 Å². The van der Waals surface area contributed by atoms with Crippen molar-refractivity contribution < 1.29 is 9.53 Å². The predicted octanol–water partition coefficient (Wildman–Crippen LogP) is 10.3. The highest BCUT2D eigenvalue weighted by atomic mass is 16.5. The molecule has 0 aliphatic heterocycles. The van der Waals surface area contributed by atoms with E-state index in [9.17, 15) is 9.59 Å². The van der Waals surface area contributed by atoms with E-state index in [1.165, 1.54) is 5.56 Å². The highest BCUT2D eigenvalue weighted by Crippen LogP contribution is 2.36. The number of benzene rings is 3. The van der Waals surface area contributed by atoms with Crippen molar-refractivity contribution in [3.63, 3.8) is 0 Å². The van der Waals surface area contributed by atoms with Crippen molar-refractivity contribution >= 4 is 28.4 Å². The molecule has 0 aliphatic carbocycles. The van der Waals surface area contributed by atoms with Crippen LogP contribution < -0.4 is 20.9 Å². The summed E-state index contributed by atoms with van der Waals surface area (Å²) in [5, 5.41) is 6.97. The van der Waals surface area contributed by atoms with Crippen LogP contribution in [0.3, 0.4) is 0 Å². The van der Waals surface area contributed by atoms with Crippen molar-refractivity contribution in [1.82, 2.24) is 14.5 Å². The maximum atomic E-state index is 14.5. The molecule has 8 nitrogen and oxygen atoms in total. The van der Waals surface area contributed by atoms with Gasteiger partial charge in [0.15, 0.2) is 0 Å². The lowest BCUT2D eigenvalue weighted by molar-refractivity contribution is 0.210. The molecule has 0 saturated carbocycles. The number of rotatable bonds is 16. The van der Waals surface area contributed by atoms with Crippen molar-refractivity contribution in [3.05, 3.63) is 118 Å². The third-order valence-electron chi connectivity index (χ3n) is 9.53. The molecular formula is C44H55N5O3. The van der Waals surface area contributed by atoms with E-state index in [-0.39, 0.29) is 23.1 Å². The van der Waals surface area contributed by atoms with Crippen LogP contribution in [0.1, 0.15) is 89.8 Å². The maximum absolute atomic E-state index is 14.5. The standard InChI is InChI=1S/C44H55N5O3/c1-8-48(29-33-17-10-9-11-18-33)26-27-52-35-20-12-19-34(28-35)39-38-23-14-24-45-42(38)49(25-15-16-30(2)3)43(50)41(39)47-44(51)46-40-36(31(4)5)21-13-22-37(40)32(6)7/h9-14,17-24,28,30-32H,8,15-16,25-27,29H2,1-7H3,(H2,46,47,51). The Hall–Kier alpha value is -4.95. The second kappa shape index (κ2) is 18.0.